The molecule has 0 saturated heterocycles. The lowest BCUT2D eigenvalue weighted by atomic mass is 10.1. The first-order valence-electron chi connectivity index (χ1n) is 4.03. The maximum absolute atomic E-state index is 6.05. The van der Waals surface area contributed by atoms with Crippen molar-refractivity contribution in [1.82, 2.24) is 0 Å². The van der Waals surface area contributed by atoms with E-state index in [9.17, 15) is 0 Å². The van der Waals surface area contributed by atoms with Gasteiger partial charge in [-0.05, 0) is 18.1 Å². The number of halogens is 7. The summed E-state index contributed by atoms with van der Waals surface area (Å²) in [5.74, 6) is 0. The fourth-order valence-corrected chi connectivity index (χ4v) is 4.41. The van der Waals surface area contributed by atoms with E-state index in [1.54, 1.807) is 6.92 Å². The van der Waals surface area contributed by atoms with Crippen molar-refractivity contribution in [1.29, 1.82) is 0 Å². The second-order valence-electron chi connectivity index (χ2n) is 3.15. The molecule has 0 aliphatic carbocycles. The summed E-state index contributed by atoms with van der Waals surface area (Å²) in [5, 5.41) is 1.06. The summed E-state index contributed by atoms with van der Waals surface area (Å²) in [6.45, 7) is 1.76. The summed E-state index contributed by atoms with van der Waals surface area (Å²) in [6.07, 6.45) is 0. The average Bonchev–Trinajstić information content (AvgIpc) is 2.17. The van der Waals surface area contributed by atoms with Gasteiger partial charge in [-0.1, -0.05) is 46.4 Å². The van der Waals surface area contributed by atoms with Gasteiger partial charge in [0, 0.05) is 6.04 Å². The third kappa shape index (κ3) is 3.49. The van der Waals surface area contributed by atoms with Gasteiger partial charge in [-0.25, -0.2) is 0 Å². The van der Waals surface area contributed by atoms with Gasteiger partial charge in [0.05, 0.1) is 20.1 Å². The first kappa shape index (κ1) is 15.5. The molecule has 0 saturated carbocycles. The number of hydrogen-bond acceptors (Lipinski definition) is 0. The number of hydrogen-bond donors (Lipinski definition) is 0. The summed E-state index contributed by atoms with van der Waals surface area (Å²) in [4.78, 5) is 0. The highest BCUT2D eigenvalue weighted by atomic mass is 35.8. The Morgan fingerprint density at radius 3 is 1.69 bits per heavy atom. The smallest absolute Gasteiger partial charge is 0.126 e. The Labute approximate surface area is 129 Å². The highest BCUT2D eigenvalue weighted by Crippen LogP contribution is 2.43. The predicted molar refractivity (Wildman–Crippen MR) is 78.2 cm³/mol. The van der Waals surface area contributed by atoms with E-state index in [0.29, 0.717) is 21.2 Å². The minimum absolute atomic E-state index is 0.192. The van der Waals surface area contributed by atoms with Crippen LogP contribution in [0.1, 0.15) is 11.1 Å². The lowest BCUT2D eigenvalue weighted by Crippen LogP contribution is -2.16. The van der Waals surface area contributed by atoms with Crippen LogP contribution in [-0.4, -0.2) is 6.00 Å². The lowest BCUT2D eigenvalue weighted by molar-refractivity contribution is 1.29. The molecule has 0 N–H and O–H groups in total. The third-order valence-corrected chi connectivity index (χ3v) is 5.89. The highest BCUT2D eigenvalue weighted by Gasteiger charge is 2.29. The quantitative estimate of drug-likeness (QED) is 0.244. The van der Waals surface area contributed by atoms with Crippen LogP contribution in [0.3, 0.4) is 0 Å². The molecule has 0 amide bonds. The summed E-state index contributed by atoms with van der Waals surface area (Å²) < 4.78 is 0. The van der Waals surface area contributed by atoms with Gasteiger partial charge in [0.15, 0.2) is 0 Å². The molecule has 0 fully saturated rings. The van der Waals surface area contributed by atoms with Crippen LogP contribution in [-0.2, 0) is 6.04 Å². The van der Waals surface area contributed by atoms with Crippen LogP contribution in [0.5, 0.6) is 0 Å². The molecule has 0 nitrogen and oxygen atoms in total. The monoisotopic (exact) mass is 374 g/mol. The second kappa shape index (κ2) is 5.62. The highest BCUT2D eigenvalue weighted by molar-refractivity contribution is 7.64. The molecular weight excluding hydrogens is 372 g/mol. The molecule has 0 aromatic heterocycles. The van der Waals surface area contributed by atoms with Crippen LogP contribution < -0.4 is 0 Å². The second-order valence-corrected chi connectivity index (χ2v) is 13.8. The topological polar surface area (TPSA) is 0 Å². The molecule has 0 aliphatic rings. The SMILES string of the molecule is Cc1c(Cl)c(Cl)c(Cl)c(Cl)c1C[Si](Cl)(Cl)Cl. The first-order chi connectivity index (χ1) is 7.15. The van der Waals surface area contributed by atoms with Crippen molar-refractivity contribution in [2.24, 2.45) is 0 Å². The molecular formula is C8H5Cl7Si. The Balaban J connectivity index is 3.40. The Hall–Kier alpha value is 1.47. The van der Waals surface area contributed by atoms with Crippen molar-refractivity contribution >= 4 is 85.6 Å². The minimum Gasteiger partial charge on any atom is -0.126 e. The summed E-state index contributed by atoms with van der Waals surface area (Å²) in [5.41, 5.74) is 1.34. The van der Waals surface area contributed by atoms with Crippen LogP contribution in [0.15, 0.2) is 0 Å². The summed E-state index contributed by atoms with van der Waals surface area (Å²) in [6, 6.07) is -2.60. The standard InChI is InChI=1S/C8H5Cl7Si/c1-3-4(2-16(13,14)15)6(10)8(12)7(11)5(3)9/h2H2,1H3. The molecule has 0 unspecified atom stereocenters. The minimum atomic E-state index is -2.85. The van der Waals surface area contributed by atoms with Crippen LogP contribution in [0.2, 0.25) is 20.1 Å². The maximum Gasteiger partial charge on any atom is 0.345 e. The number of rotatable bonds is 2. The average molecular weight is 377 g/mol. The van der Waals surface area contributed by atoms with E-state index >= 15 is 0 Å². The molecule has 16 heavy (non-hydrogen) atoms. The Kier molecular flexibility index (Phi) is 5.46. The third-order valence-electron chi connectivity index (χ3n) is 2.00. The van der Waals surface area contributed by atoms with Gasteiger partial charge in [-0.2, -0.15) is 0 Å². The van der Waals surface area contributed by atoms with Gasteiger partial charge >= 0.3 is 6.00 Å². The van der Waals surface area contributed by atoms with Gasteiger partial charge in [-0.3, -0.25) is 0 Å². The Morgan fingerprint density at radius 1 is 0.812 bits per heavy atom. The Bertz CT molecular complexity index is 394. The van der Waals surface area contributed by atoms with Gasteiger partial charge in [0.25, 0.3) is 0 Å². The van der Waals surface area contributed by atoms with Crippen molar-refractivity contribution in [2.75, 3.05) is 0 Å². The Morgan fingerprint density at radius 2 is 1.25 bits per heavy atom. The fraction of sp³-hybridized carbons (Fsp3) is 0.250. The molecule has 1 rings (SSSR count). The molecule has 0 atom stereocenters. The van der Waals surface area contributed by atoms with Crippen LogP contribution in [0.4, 0.5) is 0 Å². The van der Waals surface area contributed by atoms with Crippen molar-refractivity contribution in [3.05, 3.63) is 31.2 Å². The van der Waals surface area contributed by atoms with E-state index < -0.39 is 6.00 Å². The molecule has 90 valence electrons. The molecule has 8 heteroatoms. The molecule has 1 aromatic carbocycles. The van der Waals surface area contributed by atoms with Crippen molar-refractivity contribution in [3.8, 4) is 0 Å². The molecule has 0 bridgehead atoms. The lowest BCUT2D eigenvalue weighted by Gasteiger charge is -2.16. The number of benzene rings is 1. The molecule has 0 spiro atoms. The van der Waals surface area contributed by atoms with Crippen LogP contribution in [0.25, 0.3) is 0 Å². The predicted octanol–water partition coefficient (Wildman–Crippen LogP) is 6.35. The van der Waals surface area contributed by atoms with Crippen molar-refractivity contribution in [2.45, 2.75) is 13.0 Å². The normalized spacial score (nSPS) is 12.0. The van der Waals surface area contributed by atoms with Gasteiger partial charge in [-0.15, -0.1) is 33.2 Å². The molecule has 0 heterocycles. The molecule has 0 radical (unpaired) electrons. The van der Waals surface area contributed by atoms with E-state index in [0.717, 1.165) is 0 Å². The zero-order chi connectivity index (χ0) is 12.7. The first-order valence-corrected chi connectivity index (χ1v) is 10.8. The zero-order valence-electron chi connectivity index (χ0n) is 7.85. The van der Waals surface area contributed by atoms with E-state index in [1.165, 1.54) is 0 Å². The van der Waals surface area contributed by atoms with E-state index in [-0.39, 0.29) is 16.1 Å². The van der Waals surface area contributed by atoms with Crippen molar-refractivity contribution < 1.29 is 0 Å². The van der Waals surface area contributed by atoms with E-state index in [1.807, 2.05) is 0 Å². The molecule has 1 aromatic rings. The van der Waals surface area contributed by atoms with Gasteiger partial charge < -0.3 is 0 Å². The largest absolute Gasteiger partial charge is 0.345 e. The van der Waals surface area contributed by atoms with E-state index in [2.05, 4.69) is 0 Å². The zero-order valence-corrected chi connectivity index (χ0v) is 14.1. The van der Waals surface area contributed by atoms with E-state index in [4.69, 9.17) is 79.6 Å². The van der Waals surface area contributed by atoms with Crippen LogP contribution in [0, 0.1) is 6.92 Å². The van der Waals surface area contributed by atoms with Gasteiger partial charge in [0.2, 0.25) is 0 Å². The maximum atomic E-state index is 6.05. The fourth-order valence-electron chi connectivity index (χ4n) is 1.20. The summed E-state index contributed by atoms with van der Waals surface area (Å²) in [7, 11) is 0. The molecule has 0 aliphatic heterocycles. The van der Waals surface area contributed by atoms with Gasteiger partial charge in [0.1, 0.15) is 0 Å². The van der Waals surface area contributed by atoms with Crippen molar-refractivity contribution in [3.63, 3.8) is 0 Å². The summed E-state index contributed by atoms with van der Waals surface area (Å²) >= 11 is 41.4. The van der Waals surface area contributed by atoms with Crippen LogP contribution >= 0.6 is 79.6 Å².